The van der Waals surface area contributed by atoms with Crippen LogP contribution in [0.15, 0.2) is 32.7 Å². The third-order valence-electron chi connectivity index (χ3n) is 2.93. The Kier molecular flexibility index (Phi) is 4.39. The van der Waals surface area contributed by atoms with Crippen molar-refractivity contribution < 1.29 is 4.92 Å². The van der Waals surface area contributed by atoms with Crippen LogP contribution in [0.2, 0.25) is 0 Å². The van der Waals surface area contributed by atoms with Gasteiger partial charge < -0.3 is 0 Å². The molecule has 2 aromatic rings. The van der Waals surface area contributed by atoms with Gasteiger partial charge in [-0.25, -0.2) is 9.97 Å². The maximum absolute atomic E-state index is 11.1. The van der Waals surface area contributed by atoms with Crippen molar-refractivity contribution in [2.75, 3.05) is 0 Å². The highest BCUT2D eigenvalue weighted by molar-refractivity contribution is 9.10. The molecule has 0 aliphatic carbocycles. The molecule has 1 heterocycles. The third kappa shape index (κ3) is 3.16. The van der Waals surface area contributed by atoms with E-state index in [1.807, 2.05) is 20.8 Å². The summed E-state index contributed by atoms with van der Waals surface area (Å²) < 4.78 is 0.672. The summed E-state index contributed by atoms with van der Waals surface area (Å²) in [5, 5.41) is 11.6. The SMILES string of the molecule is Cc1nc(Sc2ccc(Br)cc2[N+](=O)[O-])nc(C)c1C. The molecule has 1 aromatic carbocycles. The van der Waals surface area contributed by atoms with Gasteiger partial charge in [-0.15, -0.1) is 0 Å². The third-order valence-corrected chi connectivity index (χ3v) is 4.35. The molecule has 0 unspecified atom stereocenters. The standard InChI is InChI=1S/C13H12BrN3O2S/c1-7-8(2)15-13(16-9(7)3)20-12-5-4-10(14)6-11(12)17(18)19/h4-6H,1-3H3. The Morgan fingerprint density at radius 1 is 1.20 bits per heavy atom. The second-order valence-corrected chi connectivity index (χ2v) is 6.20. The normalized spacial score (nSPS) is 10.6. The molecule has 0 atom stereocenters. The Hall–Kier alpha value is -1.47. The topological polar surface area (TPSA) is 68.9 Å². The molecule has 104 valence electrons. The lowest BCUT2D eigenvalue weighted by Crippen LogP contribution is -1.98. The van der Waals surface area contributed by atoms with Crippen molar-refractivity contribution in [2.24, 2.45) is 0 Å². The Bertz CT molecular complexity index is 668. The van der Waals surface area contributed by atoms with E-state index in [0.717, 1.165) is 17.0 Å². The Labute approximate surface area is 129 Å². The number of halogens is 1. The molecule has 2 rings (SSSR count). The second-order valence-electron chi connectivity index (χ2n) is 4.27. The molecule has 0 aliphatic heterocycles. The molecule has 5 nitrogen and oxygen atoms in total. The molecule has 0 bridgehead atoms. The van der Waals surface area contributed by atoms with Gasteiger partial charge in [-0.3, -0.25) is 10.1 Å². The van der Waals surface area contributed by atoms with Gasteiger partial charge in [0.2, 0.25) is 0 Å². The van der Waals surface area contributed by atoms with E-state index >= 15 is 0 Å². The summed E-state index contributed by atoms with van der Waals surface area (Å²) in [4.78, 5) is 19.9. The van der Waals surface area contributed by atoms with Crippen LogP contribution in [-0.2, 0) is 0 Å². The van der Waals surface area contributed by atoms with Gasteiger partial charge in [-0.1, -0.05) is 15.9 Å². The summed E-state index contributed by atoms with van der Waals surface area (Å²) in [6, 6.07) is 4.94. The van der Waals surface area contributed by atoms with Gasteiger partial charge in [0, 0.05) is 21.9 Å². The van der Waals surface area contributed by atoms with Gasteiger partial charge in [0.05, 0.1) is 9.82 Å². The molecule has 0 spiro atoms. The summed E-state index contributed by atoms with van der Waals surface area (Å²) in [6.45, 7) is 5.77. The monoisotopic (exact) mass is 353 g/mol. The van der Waals surface area contributed by atoms with Crippen LogP contribution < -0.4 is 0 Å². The highest BCUT2D eigenvalue weighted by atomic mass is 79.9. The highest BCUT2D eigenvalue weighted by Crippen LogP contribution is 2.35. The summed E-state index contributed by atoms with van der Waals surface area (Å²) in [5.74, 6) is 0. The van der Waals surface area contributed by atoms with Crippen LogP contribution in [0.5, 0.6) is 0 Å². The maximum Gasteiger partial charge on any atom is 0.284 e. The van der Waals surface area contributed by atoms with Crippen LogP contribution in [0.1, 0.15) is 17.0 Å². The van der Waals surface area contributed by atoms with Crippen molar-refractivity contribution in [3.63, 3.8) is 0 Å². The van der Waals surface area contributed by atoms with Crippen molar-refractivity contribution in [1.82, 2.24) is 9.97 Å². The average Bonchev–Trinajstić information content (AvgIpc) is 2.37. The lowest BCUT2D eigenvalue weighted by atomic mass is 10.2. The van der Waals surface area contributed by atoms with E-state index < -0.39 is 4.92 Å². The number of hydrogen-bond donors (Lipinski definition) is 0. The predicted octanol–water partition coefficient (Wildman–Crippen LogP) is 4.22. The van der Waals surface area contributed by atoms with Gasteiger partial charge in [0.25, 0.3) is 5.69 Å². The van der Waals surface area contributed by atoms with Gasteiger partial charge >= 0.3 is 0 Å². The van der Waals surface area contributed by atoms with E-state index in [1.165, 1.54) is 17.8 Å². The first kappa shape index (κ1) is 14.9. The minimum absolute atomic E-state index is 0.0452. The van der Waals surface area contributed by atoms with Crippen LogP contribution in [-0.4, -0.2) is 14.9 Å². The molecule has 0 saturated carbocycles. The Balaban J connectivity index is 2.42. The minimum Gasteiger partial charge on any atom is -0.258 e. The van der Waals surface area contributed by atoms with E-state index in [4.69, 9.17) is 0 Å². The first-order chi connectivity index (χ1) is 9.38. The van der Waals surface area contributed by atoms with E-state index in [1.54, 1.807) is 12.1 Å². The average molecular weight is 354 g/mol. The van der Waals surface area contributed by atoms with Crippen LogP contribution in [0, 0.1) is 30.9 Å². The van der Waals surface area contributed by atoms with E-state index in [0.29, 0.717) is 14.5 Å². The number of nitrogens with zero attached hydrogens (tertiary/aromatic N) is 3. The molecule has 0 amide bonds. The number of rotatable bonds is 3. The van der Waals surface area contributed by atoms with E-state index in [2.05, 4.69) is 25.9 Å². The van der Waals surface area contributed by atoms with Crippen molar-refractivity contribution >= 4 is 33.4 Å². The number of benzene rings is 1. The van der Waals surface area contributed by atoms with Gasteiger partial charge in [-0.2, -0.15) is 0 Å². The zero-order chi connectivity index (χ0) is 14.9. The van der Waals surface area contributed by atoms with Crippen LogP contribution in [0.4, 0.5) is 5.69 Å². The summed E-state index contributed by atoms with van der Waals surface area (Å²) in [7, 11) is 0. The maximum atomic E-state index is 11.1. The van der Waals surface area contributed by atoms with E-state index in [9.17, 15) is 10.1 Å². The smallest absolute Gasteiger partial charge is 0.258 e. The van der Waals surface area contributed by atoms with Crippen molar-refractivity contribution in [1.29, 1.82) is 0 Å². The molecule has 0 fully saturated rings. The molecule has 0 saturated heterocycles. The molecule has 0 aliphatic rings. The Morgan fingerprint density at radius 2 is 1.80 bits per heavy atom. The fourth-order valence-corrected chi connectivity index (χ4v) is 2.89. The molecule has 20 heavy (non-hydrogen) atoms. The largest absolute Gasteiger partial charge is 0.284 e. The van der Waals surface area contributed by atoms with Crippen molar-refractivity contribution in [3.8, 4) is 0 Å². The molecule has 1 aromatic heterocycles. The van der Waals surface area contributed by atoms with Crippen molar-refractivity contribution in [2.45, 2.75) is 30.8 Å². The predicted molar refractivity (Wildman–Crippen MR) is 81.2 cm³/mol. The zero-order valence-corrected chi connectivity index (χ0v) is 13.6. The van der Waals surface area contributed by atoms with Crippen LogP contribution in [0.25, 0.3) is 0 Å². The lowest BCUT2D eigenvalue weighted by molar-refractivity contribution is -0.387. The fourth-order valence-electron chi connectivity index (χ4n) is 1.60. The first-order valence-electron chi connectivity index (χ1n) is 5.82. The number of hydrogen-bond acceptors (Lipinski definition) is 5. The summed E-state index contributed by atoms with van der Waals surface area (Å²) >= 11 is 4.44. The fraction of sp³-hybridized carbons (Fsp3) is 0.231. The second kappa shape index (κ2) is 5.88. The molecule has 7 heteroatoms. The zero-order valence-electron chi connectivity index (χ0n) is 11.2. The minimum atomic E-state index is -0.402. The lowest BCUT2D eigenvalue weighted by Gasteiger charge is -2.07. The number of nitro groups is 1. The number of aromatic nitrogens is 2. The quantitative estimate of drug-likeness (QED) is 0.469. The van der Waals surface area contributed by atoms with Gasteiger partial charge in [0.15, 0.2) is 5.16 Å². The van der Waals surface area contributed by atoms with Crippen molar-refractivity contribution in [3.05, 3.63) is 49.7 Å². The first-order valence-corrected chi connectivity index (χ1v) is 7.43. The van der Waals surface area contributed by atoms with Gasteiger partial charge in [-0.05, 0) is 50.2 Å². The van der Waals surface area contributed by atoms with Crippen LogP contribution >= 0.6 is 27.7 Å². The molecule has 0 radical (unpaired) electrons. The number of aryl methyl sites for hydroxylation is 2. The molecular weight excluding hydrogens is 342 g/mol. The highest BCUT2D eigenvalue weighted by Gasteiger charge is 2.17. The summed E-state index contributed by atoms with van der Waals surface area (Å²) in [6.07, 6.45) is 0. The van der Waals surface area contributed by atoms with Gasteiger partial charge in [0.1, 0.15) is 0 Å². The van der Waals surface area contributed by atoms with Crippen LogP contribution in [0.3, 0.4) is 0 Å². The summed E-state index contributed by atoms with van der Waals surface area (Å²) in [5.41, 5.74) is 2.86. The Morgan fingerprint density at radius 3 is 2.35 bits per heavy atom. The molecule has 0 N–H and O–H groups in total. The van der Waals surface area contributed by atoms with E-state index in [-0.39, 0.29) is 5.69 Å². The number of nitro benzene ring substituents is 1. The molecular formula is C13H12BrN3O2S.